The molecule has 0 saturated heterocycles. The molecule has 5 heteroatoms. The molecule has 0 bridgehead atoms. The number of Topliss-reactive ketones (excluding diaryl/α,β-unsaturated/α-hetero) is 1. The summed E-state index contributed by atoms with van der Waals surface area (Å²) in [5.41, 5.74) is 2.44. The Labute approximate surface area is 153 Å². The van der Waals surface area contributed by atoms with E-state index in [1.807, 2.05) is 25.1 Å². The molecule has 0 radical (unpaired) electrons. The van der Waals surface area contributed by atoms with Crippen LogP contribution < -0.4 is 14.2 Å². The number of rotatable bonds is 4. The monoisotopic (exact) mass is 356 g/mol. The van der Waals surface area contributed by atoms with Gasteiger partial charge in [-0.15, -0.1) is 0 Å². The molecule has 0 spiro atoms. The van der Waals surface area contributed by atoms with E-state index in [0.29, 0.717) is 22.8 Å². The van der Waals surface area contributed by atoms with Gasteiger partial charge >= 0.3 is 0 Å². The molecule has 138 valence electrons. The van der Waals surface area contributed by atoms with Crippen LogP contribution in [0.15, 0.2) is 30.3 Å². The summed E-state index contributed by atoms with van der Waals surface area (Å²) < 4.78 is 16.0. The Hall–Kier alpha value is -2.69. The lowest BCUT2D eigenvalue weighted by atomic mass is 9.67. The molecular formula is C21H24O5. The molecule has 5 nitrogen and oxygen atoms in total. The topological polar surface area (TPSA) is 65.0 Å². The summed E-state index contributed by atoms with van der Waals surface area (Å²) in [5.74, 6) is 1.60. The van der Waals surface area contributed by atoms with Crippen molar-refractivity contribution in [2.24, 2.45) is 11.8 Å². The lowest BCUT2D eigenvalue weighted by Crippen LogP contribution is -2.32. The van der Waals surface area contributed by atoms with E-state index in [-0.39, 0.29) is 29.3 Å². The molecule has 0 saturated carbocycles. The molecule has 0 aromatic heterocycles. The smallest absolute Gasteiger partial charge is 0.166 e. The van der Waals surface area contributed by atoms with Crippen LogP contribution >= 0.6 is 0 Å². The number of carbonyl (C=O) groups excluding carboxylic acids is 1. The zero-order chi connectivity index (χ0) is 19.0. The lowest BCUT2D eigenvalue weighted by Gasteiger charge is -2.36. The average Bonchev–Trinajstić information content (AvgIpc) is 2.66. The number of hydrogen-bond donors (Lipinski definition) is 1. The van der Waals surface area contributed by atoms with E-state index in [9.17, 15) is 9.90 Å². The van der Waals surface area contributed by atoms with Gasteiger partial charge in [-0.1, -0.05) is 19.9 Å². The van der Waals surface area contributed by atoms with E-state index < -0.39 is 0 Å². The van der Waals surface area contributed by atoms with E-state index in [2.05, 4.69) is 6.92 Å². The second-order valence-electron chi connectivity index (χ2n) is 6.72. The zero-order valence-corrected chi connectivity index (χ0v) is 15.7. The first-order valence-electron chi connectivity index (χ1n) is 8.59. The maximum absolute atomic E-state index is 12.8. The van der Waals surface area contributed by atoms with Crippen molar-refractivity contribution in [2.45, 2.75) is 19.8 Å². The fourth-order valence-corrected chi connectivity index (χ4v) is 3.80. The number of aromatic hydroxyl groups is 1. The van der Waals surface area contributed by atoms with E-state index in [4.69, 9.17) is 14.2 Å². The number of carbonyl (C=O) groups is 1. The summed E-state index contributed by atoms with van der Waals surface area (Å²) >= 11 is 0. The second-order valence-corrected chi connectivity index (χ2v) is 6.72. The molecule has 0 heterocycles. The molecule has 26 heavy (non-hydrogen) atoms. The van der Waals surface area contributed by atoms with Crippen LogP contribution in [0.5, 0.6) is 23.0 Å². The first kappa shape index (κ1) is 18.1. The van der Waals surface area contributed by atoms with Crippen LogP contribution in [0.1, 0.15) is 41.3 Å². The van der Waals surface area contributed by atoms with Gasteiger partial charge in [0.25, 0.3) is 0 Å². The van der Waals surface area contributed by atoms with Gasteiger partial charge in [-0.05, 0) is 41.3 Å². The van der Waals surface area contributed by atoms with Crippen LogP contribution in [0, 0.1) is 11.8 Å². The number of fused-ring (bicyclic) bond motifs is 1. The van der Waals surface area contributed by atoms with E-state index in [1.165, 1.54) is 13.2 Å². The largest absolute Gasteiger partial charge is 0.504 e. The number of phenols is 1. The summed E-state index contributed by atoms with van der Waals surface area (Å²) in [6.07, 6.45) is 0. The standard InChI is InChI=1S/C21H24O5/c1-11-12(2)21(23)15-9-16(22)18(25-4)10-14(15)20(11)13-6-7-17(24-3)19(8-13)26-5/h6-12,20,22H,1-5H3. The van der Waals surface area contributed by atoms with Crippen LogP contribution in [0.2, 0.25) is 0 Å². The number of hydrogen-bond acceptors (Lipinski definition) is 5. The van der Waals surface area contributed by atoms with E-state index in [1.54, 1.807) is 20.3 Å². The van der Waals surface area contributed by atoms with Crippen LogP contribution in [0.3, 0.4) is 0 Å². The second kappa shape index (κ2) is 6.90. The maximum Gasteiger partial charge on any atom is 0.166 e. The van der Waals surface area contributed by atoms with Gasteiger partial charge in [-0.3, -0.25) is 4.79 Å². The van der Waals surface area contributed by atoms with Crippen molar-refractivity contribution in [3.63, 3.8) is 0 Å². The third-order valence-corrected chi connectivity index (χ3v) is 5.45. The Morgan fingerprint density at radius 3 is 2.15 bits per heavy atom. The fraction of sp³-hybridized carbons (Fsp3) is 0.381. The molecule has 3 rings (SSSR count). The van der Waals surface area contributed by atoms with Gasteiger partial charge in [0.15, 0.2) is 28.8 Å². The molecular weight excluding hydrogens is 332 g/mol. The van der Waals surface area contributed by atoms with Crippen molar-refractivity contribution in [1.82, 2.24) is 0 Å². The van der Waals surface area contributed by atoms with E-state index in [0.717, 1.165) is 11.1 Å². The van der Waals surface area contributed by atoms with Gasteiger partial charge < -0.3 is 19.3 Å². The molecule has 2 aromatic rings. The Morgan fingerprint density at radius 1 is 0.885 bits per heavy atom. The van der Waals surface area contributed by atoms with Gasteiger partial charge in [-0.25, -0.2) is 0 Å². The number of phenolic OH excluding ortho intramolecular Hbond substituents is 1. The molecule has 0 aliphatic heterocycles. The predicted molar refractivity (Wildman–Crippen MR) is 98.7 cm³/mol. The summed E-state index contributed by atoms with van der Waals surface area (Å²) in [5, 5.41) is 10.1. The highest BCUT2D eigenvalue weighted by atomic mass is 16.5. The van der Waals surface area contributed by atoms with Crippen molar-refractivity contribution in [3.05, 3.63) is 47.0 Å². The molecule has 2 aromatic carbocycles. The number of ketones is 1. The summed E-state index contributed by atoms with van der Waals surface area (Å²) in [7, 11) is 4.71. The van der Waals surface area contributed by atoms with Crippen molar-refractivity contribution in [2.75, 3.05) is 21.3 Å². The first-order chi connectivity index (χ1) is 12.4. The molecule has 0 amide bonds. The zero-order valence-electron chi connectivity index (χ0n) is 15.7. The van der Waals surface area contributed by atoms with Crippen molar-refractivity contribution >= 4 is 5.78 Å². The van der Waals surface area contributed by atoms with Crippen LogP contribution in [0.25, 0.3) is 0 Å². The summed E-state index contributed by atoms with van der Waals surface area (Å²) in [6, 6.07) is 9.11. The molecule has 3 unspecified atom stereocenters. The third-order valence-electron chi connectivity index (χ3n) is 5.45. The van der Waals surface area contributed by atoms with Gasteiger partial charge in [0.1, 0.15) is 0 Å². The minimum absolute atomic E-state index is 0.0209. The Morgan fingerprint density at radius 2 is 1.54 bits per heavy atom. The Kier molecular flexibility index (Phi) is 4.81. The van der Waals surface area contributed by atoms with Crippen LogP contribution in [-0.4, -0.2) is 32.2 Å². The maximum atomic E-state index is 12.8. The molecule has 1 aliphatic rings. The molecule has 0 fully saturated rings. The minimum atomic E-state index is -0.159. The lowest BCUT2D eigenvalue weighted by molar-refractivity contribution is 0.0865. The summed E-state index contributed by atoms with van der Waals surface area (Å²) in [6.45, 7) is 4.01. The third kappa shape index (κ3) is 2.77. The quantitative estimate of drug-likeness (QED) is 0.896. The van der Waals surface area contributed by atoms with Gasteiger partial charge in [0.2, 0.25) is 0 Å². The van der Waals surface area contributed by atoms with Gasteiger partial charge in [0.05, 0.1) is 21.3 Å². The fourth-order valence-electron chi connectivity index (χ4n) is 3.80. The van der Waals surface area contributed by atoms with Crippen molar-refractivity contribution in [3.8, 4) is 23.0 Å². The Bertz CT molecular complexity index is 843. The van der Waals surface area contributed by atoms with Crippen molar-refractivity contribution in [1.29, 1.82) is 0 Å². The molecule has 3 atom stereocenters. The van der Waals surface area contributed by atoms with E-state index >= 15 is 0 Å². The first-order valence-corrected chi connectivity index (χ1v) is 8.59. The molecule has 1 aliphatic carbocycles. The number of benzene rings is 2. The molecule has 1 N–H and O–H groups in total. The van der Waals surface area contributed by atoms with Gasteiger partial charge in [0, 0.05) is 17.4 Å². The predicted octanol–water partition coefficient (Wildman–Crippen LogP) is 4.02. The highest BCUT2D eigenvalue weighted by Crippen LogP contribution is 2.47. The van der Waals surface area contributed by atoms with Gasteiger partial charge in [-0.2, -0.15) is 0 Å². The van der Waals surface area contributed by atoms with Crippen LogP contribution in [0.4, 0.5) is 0 Å². The number of methoxy groups -OCH3 is 3. The minimum Gasteiger partial charge on any atom is -0.504 e. The summed E-state index contributed by atoms with van der Waals surface area (Å²) in [4.78, 5) is 12.8. The average molecular weight is 356 g/mol. The normalized spacial score (nSPS) is 21.9. The SMILES string of the molecule is COc1cc2c(cc1O)C(=O)C(C)C(C)C2c1ccc(OC)c(OC)c1. The number of ether oxygens (including phenoxy) is 3. The van der Waals surface area contributed by atoms with Crippen LogP contribution in [-0.2, 0) is 0 Å². The van der Waals surface area contributed by atoms with Crippen molar-refractivity contribution < 1.29 is 24.1 Å². The highest BCUT2D eigenvalue weighted by molar-refractivity contribution is 6.01. The highest BCUT2D eigenvalue weighted by Gasteiger charge is 2.39. The Balaban J connectivity index is 2.21.